The third-order valence-electron chi connectivity index (χ3n) is 7.05. The van der Waals surface area contributed by atoms with Gasteiger partial charge in [-0.05, 0) is 79.8 Å². The van der Waals surface area contributed by atoms with E-state index in [1.165, 1.54) is 24.3 Å². The minimum Gasteiger partial charge on any atom is -0.490 e. The predicted molar refractivity (Wildman–Crippen MR) is 119 cm³/mol. The molecule has 3 fully saturated rings. The van der Waals surface area contributed by atoms with Crippen molar-refractivity contribution >= 4 is 17.6 Å². The molecule has 1 saturated carbocycles. The molecule has 2 aromatic rings. The van der Waals surface area contributed by atoms with Crippen molar-refractivity contribution in [3.63, 3.8) is 0 Å². The zero-order chi connectivity index (χ0) is 24.9. The van der Waals surface area contributed by atoms with E-state index >= 15 is 0 Å². The van der Waals surface area contributed by atoms with Crippen LogP contribution in [0.1, 0.15) is 65.9 Å². The van der Waals surface area contributed by atoms with Crippen LogP contribution < -0.4 is 9.47 Å². The smallest absolute Gasteiger partial charge is 0.490 e. The number of alkyl halides is 3. The lowest BCUT2D eigenvalue weighted by atomic mass is 9.95. The lowest BCUT2D eigenvalue weighted by Crippen LogP contribution is -2.45. The number of fused-ring (bicyclic) bond motifs is 2. The number of rotatable bonds is 7. The molecule has 1 aliphatic carbocycles. The van der Waals surface area contributed by atoms with E-state index in [1.54, 1.807) is 0 Å². The molecule has 1 N–H and O–H groups in total. The lowest BCUT2D eigenvalue weighted by Gasteiger charge is -2.39. The highest BCUT2D eigenvalue weighted by Crippen LogP contribution is 2.45. The first kappa shape index (κ1) is 24.2. The summed E-state index contributed by atoms with van der Waals surface area (Å²) in [6, 6.07) is 6.95. The summed E-state index contributed by atoms with van der Waals surface area (Å²) in [6.45, 7) is 0.533. The first-order valence-corrected chi connectivity index (χ1v) is 12.0. The second kappa shape index (κ2) is 9.17. The quantitative estimate of drug-likeness (QED) is 0.427. The summed E-state index contributed by atoms with van der Waals surface area (Å²) in [4.78, 5) is 13.7. The molecule has 2 heterocycles. The van der Waals surface area contributed by atoms with Gasteiger partial charge < -0.3 is 14.6 Å². The zero-order valence-corrected chi connectivity index (χ0v) is 19.4. The number of carbonyl (C=O) groups is 1. The van der Waals surface area contributed by atoms with E-state index in [1.807, 2.05) is 0 Å². The van der Waals surface area contributed by atoms with Crippen molar-refractivity contribution in [3.05, 3.63) is 57.9 Å². The Morgan fingerprint density at radius 2 is 1.69 bits per heavy atom. The van der Waals surface area contributed by atoms with Crippen LogP contribution in [0, 0.1) is 5.82 Å². The van der Waals surface area contributed by atoms with Crippen molar-refractivity contribution in [1.82, 2.24) is 4.90 Å². The van der Waals surface area contributed by atoms with Gasteiger partial charge in [0.2, 0.25) is 0 Å². The van der Waals surface area contributed by atoms with Crippen LogP contribution in [0.5, 0.6) is 11.5 Å². The molecule has 0 aromatic heterocycles. The van der Waals surface area contributed by atoms with E-state index in [2.05, 4.69) is 9.64 Å². The number of benzene rings is 2. The van der Waals surface area contributed by atoms with Gasteiger partial charge in [0.15, 0.2) is 0 Å². The molecular formula is C25H24ClF4NO4. The fourth-order valence-electron chi connectivity index (χ4n) is 5.47. The van der Waals surface area contributed by atoms with E-state index in [9.17, 15) is 27.5 Å². The van der Waals surface area contributed by atoms with E-state index < -0.39 is 23.9 Å². The van der Waals surface area contributed by atoms with E-state index in [0.29, 0.717) is 19.4 Å². The molecule has 0 spiro atoms. The van der Waals surface area contributed by atoms with Crippen molar-refractivity contribution in [2.45, 2.75) is 75.5 Å². The monoisotopic (exact) mass is 513 g/mol. The van der Waals surface area contributed by atoms with Crippen molar-refractivity contribution < 1.29 is 36.9 Å². The predicted octanol–water partition coefficient (Wildman–Crippen LogP) is 6.53. The second-order valence-electron chi connectivity index (χ2n) is 9.55. The SMILES string of the molecule is O=C(O)c1cc(C2CC2)c(CN2[C@@H]3CC[C@H]2CC(Oc2cc(Cl)cc(OC(F)(F)F)c2)C3)cc1F. The molecule has 0 radical (unpaired) electrons. The number of halogens is 5. The summed E-state index contributed by atoms with van der Waals surface area (Å²) in [5, 5.41) is 9.39. The molecule has 5 rings (SSSR count). The van der Waals surface area contributed by atoms with Crippen LogP contribution in [-0.2, 0) is 6.54 Å². The molecule has 2 aromatic carbocycles. The maximum absolute atomic E-state index is 14.5. The largest absolute Gasteiger partial charge is 0.573 e. The Morgan fingerprint density at radius 1 is 1.03 bits per heavy atom. The summed E-state index contributed by atoms with van der Waals surface area (Å²) in [5.41, 5.74) is 1.45. The van der Waals surface area contributed by atoms with Crippen LogP contribution >= 0.6 is 11.6 Å². The van der Waals surface area contributed by atoms with Gasteiger partial charge in [0, 0.05) is 29.7 Å². The molecular weight excluding hydrogens is 490 g/mol. The standard InChI is InChI=1S/C25H24ClF4NO4/c26-15-6-18(10-20(7-15)35-25(28,29)30)34-19-8-16-3-4-17(9-19)31(16)12-14-5-23(27)22(24(32)33)11-21(14)13-1-2-13/h5-7,10-11,13,16-17,19H,1-4,8-9,12H2,(H,32,33)/t16-,17+,19?. The number of ether oxygens (including phenoxy) is 2. The second-order valence-corrected chi connectivity index (χ2v) is 9.99. The molecule has 1 unspecified atom stereocenters. The summed E-state index contributed by atoms with van der Waals surface area (Å²) in [7, 11) is 0. The number of piperidine rings is 1. The topological polar surface area (TPSA) is 59.0 Å². The van der Waals surface area contributed by atoms with Gasteiger partial charge in [-0.2, -0.15) is 0 Å². The number of hydrogen-bond donors (Lipinski definition) is 1. The van der Waals surface area contributed by atoms with E-state index in [-0.39, 0.29) is 40.4 Å². The van der Waals surface area contributed by atoms with E-state index in [0.717, 1.165) is 42.9 Å². The fourth-order valence-corrected chi connectivity index (χ4v) is 5.69. The Balaban J connectivity index is 1.29. The molecule has 10 heteroatoms. The Bertz CT molecular complexity index is 1120. The van der Waals surface area contributed by atoms with Crippen molar-refractivity contribution in [2.75, 3.05) is 0 Å². The molecule has 3 aliphatic rings. The van der Waals surface area contributed by atoms with Crippen LogP contribution in [0.15, 0.2) is 30.3 Å². The maximum Gasteiger partial charge on any atom is 0.573 e. The van der Waals surface area contributed by atoms with Gasteiger partial charge in [0.05, 0.1) is 5.56 Å². The van der Waals surface area contributed by atoms with Crippen LogP contribution in [0.2, 0.25) is 5.02 Å². The van der Waals surface area contributed by atoms with Gasteiger partial charge in [-0.25, -0.2) is 9.18 Å². The third kappa shape index (κ3) is 5.51. The van der Waals surface area contributed by atoms with Gasteiger partial charge in [-0.3, -0.25) is 4.90 Å². The molecule has 188 valence electrons. The highest BCUT2D eigenvalue weighted by atomic mass is 35.5. The number of aromatic carboxylic acids is 1. The lowest BCUT2D eigenvalue weighted by molar-refractivity contribution is -0.274. The van der Waals surface area contributed by atoms with Gasteiger partial charge in [0.1, 0.15) is 23.4 Å². The van der Waals surface area contributed by atoms with Crippen molar-refractivity contribution in [2.24, 2.45) is 0 Å². The number of hydrogen-bond acceptors (Lipinski definition) is 4. The van der Waals surface area contributed by atoms with Gasteiger partial charge in [0.25, 0.3) is 0 Å². The van der Waals surface area contributed by atoms with Crippen molar-refractivity contribution in [3.8, 4) is 11.5 Å². The van der Waals surface area contributed by atoms with E-state index in [4.69, 9.17) is 16.3 Å². The molecule has 5 nitrogen and oxygen atoms in total. The molecule has 2 bridgehead atoms. The first-order chi connectivity index (χ1) is 16.6. The Labute approximate surface area is 204 Å². The minimum absolute atomic E-state index is 0.0848. The minimum atomic E-state index is -4.83. The normalized spacial score (nSPS) is 24.4. The highest BCUT2D eigenvalue weighted by Gasteiger charge is 2.42. The third-order valence-corrected chi connectivity index (χ3v) is 7.27. The maximum atomic E-state index is 14.5. The number of carboxylic acids is 1. The Morgan fingerprint density at radius 3 is 2.29 bits per heavy atom. The summed E-state index contributed by atoms with van der Waals surface area (Å²) in [6.07, 6.45) is 0.150. The molecule has 2 saturated heterocycles. The molecule has 3 atom stereocenters. The highest BCUT2D eigenvalue weighted by molar-refractivity contribution is 6.30. The number of carboxylic acid groups (broad SMARTS) is 1. The number of nitrogens with zero attached hydrogens (tertiary/aromatic N) is 1. The van der Waals surface area contributed by atoms with Gasteiger partial charge in [-0.15, -0.1) is 13.2 Å². The summed E-state index contributed by atoms with van der Waals surface area (Å²) < 4.78 is 62.3. The first-order valence-electron chi connectivity index (χ1n) is 11.6. The average Bonchev–Trinajstić information content (AvgIpc) is 3.53. The summed E-state index contributed by atoms with van der Waals surface area (Å²) in [5.74, 6) is -1.92. The van der Waals surface area contributed by atoms with Crippen LogP contribution in [0.4, 0.5) is 17.6 Å². The average molecular weight is 514 g/mol. The van der Waals surface area contributed by atoms with Gasteiger partial charge in [-0.1, -0.05) is 11.6 Å². The molecule has 2 aliphatic heterocycles. The molecule has 0 amide bonds. The van der Waals surface area contributed by atoms with Gasteiger partial charge >= 0.3 is 12.3 Å². The van der Waals surface area contributed by atoms with Crippen LogP contribution in [0.3, 0.4) is 0 Å². The van der Waals surface area contributed by atoms with Crippen LogP contribution in [-0.4, -0.2) is 40.5 Å². The van der Waals surface area contributed by atoms with Crippen LogP contribution in [0.25, 0.3) is 0 Å². The Kier molecular flexibility index (Phi) is 6.34. The molecule has 35 heavy (non-hydrogen) atoms. The Hall–Kier alpha value is -2.52. The summed E-state index contributed by atoms with van der Waals surface area (Å²) >= 11 is 5.97. The van der Waals surface area contributed by atoms with Crippen molar-refractivity contribution in [1.29, 1.82) is 0 Å². The fraction of sp³-hybridized carbons (Fsp3) is 0.480. The zero-order valence-electron chi connectivity index (χ0n) is 18.7.